The first-order valence-electron chi connectivity index (χ1n) is 6.54. The van der Waals surface area contributed by atoms with Gasteiger partial charge in [0.1, 0.15) is 0 Å². The van der Waals surface area contributed by atoms with Gasteiger partial charge in [0.15, 0.2) is 0 Å². The first kappa shape index (κ1) is 12.8. The maximum atomic E-state index is 5.81. The smallest absolute Gasteiger partial charge is 0.0655 e. The molecule has 2 rings (SSSR count). The van der Waals surface area contributed by atoms with E-state index in [0.717, 1.165) is 6.61 Å². The summed E-state index contributed by atoms with van der Waals surface area (Å²) in [6, 6.07) is 21.1. The van der Waals surface area contributed by atoms with Crippen LogP contribution >= 0.6 is 0 Å². The fourth-order valence-electron chi connectivity index (χ4n) is 2.41. The van der Waals surface area contributed by atoms with Gasteiger partial charge in [0.25, 0.3) is 0 Å². The van der Waals surface area contributed by atoms with E-state index in [1.807, 2.05) is 6.92 Å². The molecular weight excluding hydrogens is 220 g/mol. The van der Waals surface area contributed by atoms with E-state index in [1.165, 1.54) is 11.1 Å². The molecule has 0 bridgehead atoms. The summed E-state index contributed by atoms with van der Waals surface area (Å²) in [6.45, 7) is 4.94. The summed E-state index contributed by atoms with van der Waals surface area (Å²) < 4.78 is 5.81. The zero-order valence-electron chi connectivity index (χ0n) is 11.0. The van der Waals surface area contributed by atoms with Crippen molar-refractivity contribution in [3.8, 4) is 0 Å². The predicted molar refractivity (Wildman–Crippen MR) is 75.8 cm³/mol. The zero-order chi connectivity index (χ0) is 12.8. The van der Waals surface area contributed by atoms with Crippen molar-refractivity contribution in [3.05, 3.63) is 71.8 Å². The number of hydrogen-bond acceptors (Lipinski definition) is 1. The summed E-state index contributed by atoms with van der Waals surface area (Å²) in [5.41, 5.74) is 2.62. The Morgan fingerprint density at radius 2 is 1.28 bits per heavy atom. The highest BCUT2D eigenvalue weighted by molar-refractivity contribution is 5.33. The van der Waals surface area contributed by atoms with E-state index in [-0.39, 0.29) is 6.10 Å². The van der Waals surface area contributed by atoms with Crippen LogP contribution in [0.4, 0.5) is 0 Å². The molecule has 1 nitrogen and oxygen atoms in total. The minimum absolute atomic E-state index is 0.180. The minimum atomic E-state index is 0.180. The number of hydrogen-bond donors (Lipinski definition) is 0. The van der Waals surface area contributed by atoms with Gasteiger partial charge in [-0.1, -0.05) is 60.7 Å². The summed E-state index contributed by atoms with van der Waals surface area (Å²) >= 11 is 0. The lowest BCUT2D eigenvalue weighted by molar-refractivity contribution is 0.0649. The third-order valence-corrected chi connectivity index (χ3v) is 3.22. The lowest BCUT2D eigenvalue weighted by atomic mass is 9.87. The van der Waals surface area contributed by atoms with Gasteiger partial charge in [0.05, 0.1) is 6.10 Å². The van der Waals surface area contributed by atoms with Gasteiger partial charge in [-0.3, -0.25) is 0 Å². The molecule has 2 aromatic rings. The Morgan fingerprint density at radius 3 is 1.67 bits per heavy atom. The lowest BCUT2D eigenvalue weighted by Gasteiger charge is -2.25. The predicted octanol–water partition coefficient (Wildman–Crippen LogP) is 4.24. The molecule has 0 unspecified atom stereocenters. The van der Waals surface area contributed by atoms with E-state index in [1.54, 1.807) is 0 Å². The molecule has 2 aromatic carbocycles. The number of rotatable bonds is 5. The van der Waals surface area contributed by atoms with Crippen molar-refractivity contribution in [3.63, 3.8) is 0 Å². The maximum Gasteiger partial charge on any atom is 0.0655 e. The standard InChI is InChI=1S/C17H20O/c1-3-18-14(2)17(15-10-6-4-7-11-15)16-12-8-5-9-13-16/h4-14,17H,3H2,1-2H3/t14-/m1/s1. The van der Waals surface area contributed by atoms with Gasteiger partial charge in [0.2, 0.25) is 0 Å². The number of benzene rings is 2. The molecule has 0 amide bonds. The van der Waals surface area contributed by atoms with Crippen molar-refractivity contribution in [2.75, 3.05) is 6.61 Å². The average molecular weight is 240 g/mol. The molecule has 0 aliphatic carbocycles. The van der Waals surface area contributed by atoms with E-state index in [4.69, 9.17) is 4.74 Å². The van der Waals surface area contributed by atoms with Crippen LogP contribution in [0.25, 0.3) is 0 Å². The molecule has 0 aromatic heterocycles. The monoisotopic (exact) mass is 240 g/mol. The highest BCUT2D eigenvalue weighted by Crippen LogP contribution is 2.29. The molecule has 0 saturated carbocycles. The van der Waals surface area contributed by atoms with Crippen LogP contribution in [0.1, 0.15) is 30.9 Å². The first-order valence-corrected chi connectivity index (χ1v) is 6.54. The zero-order valence-corrected chi connectivity index (χ0v) is 11.0. The Morgan fingerprint density at radius 1 is 0.833 bits per heavy atom. The summed E-state index contributed by atoms with van der Waals surface area (Å²) in [6.07, 6.45) is 0.180. The van der Waals surface area contributed by atoms with Crippen molar-refractivity contribution >= 4 is 0 Å². The Bertz CT molecular complexity index is 410. The van der Waals surface area contributed by atoms with Gasteiger partial charge < -0.3 is 4.74 Å². The van der Waals surface area contributed by atoms with Crippen LogP contribution in [0.2, 0.25) is 0 Å². The van der Waals surface area contributed by atoms with Crippen molar-refractivity contribution in [1.29, 1.82) is 0 Å². The summed E-state index contributed by atoms with van der Waals surface area (Å²) in [7, 11) is 0. The lowest BCUT2D eigenvalue weighted by Crippen LogP contribution is -2.20. The normalized spacial score (nSPS) is 12.6. The van der Waals surface area contributed by atoms with E-state index >= 15 is 0 Å². The van der Waals surface area contributed by atoms with Gasteiger partial charge in [-0.15, -0.1) is 0 Å². The molecule has 94 valence electrons. The molecule has 0 saturated heterocycles. The quantitative estimate of drug-likeness (QED) is 0.759. The van der Waals surface area contributed by atoms with Crippen molar-refractivity contribution in [2.24, 2.45) is 0 Å². The third kappa shape index (κ3) is 2.99. The largest absolute Gasteiger partial charge is 0.378 e. The molecule has 0 fully saturated rings. The minimum Gasteiger partial charge on any atom is -0.378 e. The second-order valence-corrected chi connectivity index (χ2v) is 4.46. The topological polar surface area (TPSA) is 9.23 Å². The maximum absolute atomic E-state index is 5.81. The van der Waals surface area contributed by atoms with Crippen LogP contribution in [0.15, 0.2) is 60.7 Å². The highest BCUT2D eigenvalue weighted by atomic mass is 16.5. The summed E-state index contributed by atoms with van der Waals surface area (Å²) in [5.74, 6) is 0.298. The Hall–Kier alpha value is -1.60. The molecule has 0 radical (unpaired) electrons. The fraction of sp³-hybridized carbons (Fsp3) is 0.294. The van der Waals surface area contributed by atoms with Gasteiger partial charge in [0, 0.05) is 12.5 Å². The van der Waals surface area contributed by atoms with Crippen molar-refractivity contribution < 1.29 is 4.74 Å². The van der Waals surface area contributed by atoms with Crippen LogP contribution in [-0.4, -0.2) is 12.7 Å². The second-order valence-electron chi connectivity index (χ2n) is 4.46. The van der Waals surface area contributed by atoms with Crippen molar-refractivity contribution in [1.82, 2.24) is 0 Å². The molecule has 0 N–H and O–H groups in total. The second kappa shape index (κ2) is 6.36. The third-order valence-electron chi connectivity index (χ3n) is 3.22. The Kier molecular flexibility index (Phi) is 4.54. The Labute approximate surface area is 109 Å². The first-order chi connectivity index (χ1) is 8.83. The van der Waals surface area contributed by atoms with Gasteiger partial charge in [-0.2, -0.15) is 0 Å². The molecule has 1 heteroatoms. The molecule has 0 aliphatic heterocycles. The molecule has 1 atom stereocenters. The molecular formula is C17H20O. The van der Waals surface area contributed by atoms with E-state index in [2.05, 4.69) is 67.6 Å². The van der Waals surface area contributed by atoms with E-state index in [0.29, 0.717) is 5.92 Å². The molecule has 0 aliphatic rings. The van der Waals surface area contributed by atoms with Crippen LogP contribution in [0.5, 0.6) is 0 Å². The van der Waals surface area contributed by atoms with Gasteiger partial charge in [-0.05, 0) is 25.0 Å². The van der Waals surface area contributed by atoms with Gasteiger partial charge in [-0.25, -0.2) is 0 Å². The Balaban J connectivity index is 2.35. The summed E-state index contributed by atoms with van der Waals surface area (Å²) in [4.78, 5) is 0. The van der Waals surface area contributed by atoms with Crippen LogP contribution < -0.4 is 0 Å². The van der Waals surface area contributed by atoms with E-state index in [9.17, 15) is 0 Å². The average Bonchev–Trinajstić information content (AvgIpc) is 2.42. The van der Waals surface area contributed by atoms with Crippen LogP contribution in [0, 0.1) is 0 Å². The molecule has 18 heavy (non-hydrogen) atoms. The van der Waals surface area contributed by atoms with E-state index < -0.39 is 0 Å². The molecule has 0 heterocycles. The summed E-state index contributed by atoms with van der Waals surface area (Å²) in [5, 5.41) is 0. The van der Waals surface area contributed by atoms with Gasteiger partial charge >= 0.3 is 0 Å². The number of ether oxygens (including phenoxy) is 1. The SMILES string of the molecule is CCO[C@H](C)C(c1ccccc1)c1ccccc1. The fourth-order valence-corrected chi connectivity index (χ4v) is 2.41. The van der Waals surface area contributed by atoms with Crippen molar-refractivity contribution in [2.45, 2.75) is 25.9 Å². The molecule has 0 spiro atoms. The highest BCUT2D eigenvalue weighted by Gasteiger charge is 2.21. The van der Waals surface area contributed by atoms with Crippen LogP contribution in [0.3, 0.4) is 0 Å². The van der Waals surface area contributed by atoms with Crippen LogP contribution in [-0.2, 0) is 4.74 Å².